The highest BCUT2D eigenvalue weighted by molar-refractivity contribution is 5.72. The minimum Gasteiger partial charge on any atom is -0.207 e. The number of rotatable bonds is 4. The van der Waals surface area contributed by atoms with Gasteiger partial charge in [-0.05, 0) is 44.2 Å². The van der Waals surface area contributed by atoms with Crippen LogP contribution in [-0.4, -0.2) is 0 Å². The second-order valence-corrected chi connectivity index (χ2v) is 9.00. The molecule has 0 aliphatic heterocycles. The number of hydrogen-bond donors (Lipinski definition) is 0. The Morgan fingerprint density at radius 3 is 1.51 bits per heavy atom. The van der Waals surface area contributed by atoms with Gasteiger partial charge in [-0.25, -0.2) is 9.13 Å². The maximum absolute atomic E-state index is 2.38. The fraction of sp³-hybridized carbons (Fsp3) is 0.156. The number of nitrogens with zero attached hydrogens (tertiary/aromatic N) is 3. The van der Waals surface area contributed by atoms with Crippen LogP contribution in [0.2, 0.25) is 0 Å². The molecule has 0 aliphatic rings. The van der Waals surface area contributed by atoms with Crippen molar-refractivity contribution >= 4 is 0 Å². The molecule has 0 saturated carbocycles. The highest BCUT2D eigenvalue weighted by Crippen LogP contribution is 2.29. The number of hydrogen-bond acceptors (Lipinski definition) is 0. The Morgan fingerprint density at radius 2 is 1.03 bits per heavy atom. The fourth-order valence-corrected chi connectivity index (χ4v) is 4.36. The average Bonchev–Trinajstić information content (AvgIpc) is 2.85. The van der Waals surface area contributed by atoms with E-state index in [1.54, 1.807) is 0 Å². The van der Waals surface area contributed by atoms with Gasteiger partial charge in [-0.2, -0.15) is 4.57 Å². The minimum atomic E-state index is 0. The monoisotopic (exact) mass is 460 g/mol. The Morgan fingerprint density at radius 1 is 0.514 bits per heavy atom. The van der Waals surface area contributed by atoms with E-state index in [-0.39, 0.29) is 7.43 Å². The smallest absolute Gasteiger partial charge is 0.207 e. The summed E-state index contributed by atoms with van der Waals surface area (Å²) < 4.78 is 6.63. The second-order valence-electron chi connectivity index (χ2n) is 9.00. The summed E-state index contributed by atoms with van der Waals surface area (Å²) in [5.41, 5.74) is 10.7. The molecule has 0 atom stereocenters. The molecular weight excluding hydrogens is 426 g/mol. The van der Waals surface area contributed by atoms with Crippen LogP contribution in [0.3, 0.4) is 0 Å². The Hall–Kier alpha value is -4.11. The molecule has 0 saturated heterocycles. The van der Waals surface area contributed by atoms with E-state index in [4.69, 9.17) is 0 Å². The molecule has 3 heterocycles. The lowest BCUT2D eigenvalue weighted by molar-refractivity contribution is -0.673. The molecule has 3 nitrogen and oxygen atoms in total. The van der Waals surface area contributed by atoms with Crippen LogP contribution >= 0.6 is 0 Å². The number of pyridine rings is 3. The maximum atomic E-state index is 2.38. The highest BCUT2D eigenvalue weighted by atomic mass is 15.0. The Balaban J connectivity index is 0.00000289. The summed E-state index contributed by atoms with van der Waals surface area (Å²) in [6.07, 6.45) is 6.31. The molecule has 5 aromatic rings. The first-order chi connectivity index (χ1) is 16.5. The van der Waals surface area contributed by atoms with E-state index in [1.807, 2.05) is 0 Å². The zero-order valence-electron chi connectivity index (χ0n) is 20.2. The lowest BCUT2D eigenvalue weighted by Gasteiger charge is -2.12. The predicted molar refractivity (Wildman–Crippen MR) is 143 cm³/mol. The molecule has 3 aromatic heterocycles. The van der Waals surface area contributed by atoms with Gasteiger partial charge in [0.15, 0.2) is 18.6 Å². The number of aromatic nitrogens is 3. The molecule has 174 valence electrons. The normalized spacial score (nSPS) is 10.6. The van der Waals surface area contributed by atoms with Crippen molar-refractivity contribution in [3.8, 4) is 39.5 Å². The van der Waals surface area contributed by atoms with Gasteiger partial charge in [-0.1, -0.05) is 42.8 Å². The lowest BCUT2D eigenvalue weighted by atomic mass is 9.99. The van der Waals surface area contributed by atoms with Crippen molar-refractivity contribution in [3.05, 3.63) is 121 Å². The molecule has 0 N–H and O–H groups in total. The molecule has 0 bridgehead atoms. The van der Waals surface area contributed by atoms with Crippen LogP contribution in [0.15, 0.2) is 110 Å². The van der Waals surface area contributed by atoms with Crippen LogP contribution in [0, 0.1) is 13.8 Å². The van der Waals surface area contributed by atoms with E-state index in [0.29, 0.717) is 0 Å². The van der Waals surface area contributed by atoms with E-state index >= 15 is 0 Å². The van der Waals surface area contributed by atoms with Crippen molar-refractivity contribution < 1.29 is 13.7 Å². The van der Waals surface area contributed by atoms with Crippen molar-refractivity contribution in [3.63, 3.8) is 0 Å². The summed E-state index contributed by atoms with van der Waals surface area (Å²) in [6, 6.07) is 33.0. The van der Waals surface area contributed by atoms with Gasteiger partial charge in [0.25, 0.3) is 0 Å². The zero-order valence-corrected chi connectivity index (χ0v) is 20.2. The molecule has 0 spiro atoms. The van der Waals surface area contributed by atoms with Gasteiger partial charge in [-0.15, -0.1) is 0 Å². The number of aryl methyl sites for hydroxylation is 4. The van der Waals surface area contributed by atoms with E-state index in [1.165, 1.54) is 33.5 Å². The molecule has 0 amide bonds. The summed E-state index contributed by atoms with van der Waals surface area (Å²) in [7, 11) is 4.15. The van der Waals surface area contributed by atoms with Crippen molar-refractivity contribution in [2.45, 2.75) is 21.3 Å². The Bertz CT molecular complexity index is 1380. The first-order valence-corrected chi connectivity index (χ1v) is 11.6. The van der Waals surface area contributed by atoms with Gasteiger partial charge in [-0.3, -0.25) is 0 Å². The van der Waals surface area contributed by atoms with Gasteiger partial charge in [0.1, 0.15) is 14.1 Å². The van der Waals surface area contributed by atoms with Gasteiger partial charge in [0.05, 0.1) is 17.7 Å². The van der Waals surface area contributed by atoms with Crippen molar-refractivity contribution in [2.24, 2.45) is 14.1 Å². The maximum Gasteiger partial charge on any atom is 0.223 e. The van der Waals surface area contributed by atoms with E-state index in [0.717, 1.165) is 17.1 Å². The zero-order chi connectivity index (χ0) is 23.7. The summed E-state index contributed by atoms with van der Waals surface area (Å²) in [5, 5.41) is 0. The largest absolute Gasteiger partial charge is 0.223 e. The molecule has 3 heteroatoms. The Kier molecular flexibility index (Phi) is 6.88. The quantitative estimate of drug-likeness (QED) is 0.298. The van der Waals surface area contributed by atoms with E-state index in [2.05, 4.69) is 151 Å². The summed E-state index contributed by atoms with van der Waals surface area (Å²) >= 11 is 0. The highest BCUT2D eigenvalue weighted by Gasteiger charge is 2.27. The molecule has 2 aromatic carbocycles. The standard InChI is InChI=1S/C31H30N3.CH4/c1-23-8-12-25(13-9-23)30-21-27(29-7-5-6-18-33(29)4)22-31(26-14-10-24(2)11-15-26)34(30)28-16-19-32(3)20-17-28;/h5-22H,1-4H3;1H4/q+3;. The Labute approximate surface area is 209 Å². The SMILES string of the molecule is C.Cc1ccc(-c2cc(-c3cccc[n+]3C)cc(-c3ccc(C)cc3)[n+]2-c2cc[n+](C)cc2)cc1. The fourth-order valence-electron chi connectivity index (χ4n) is 4.36. The molecule has 0 fully saturated rings. The lowest BCUT2D eigenvalue weighted by Crippen LogP contribution is -2.38. The van der Waals surface area contributed by atoms with Gasteiger partial charge < -0.3 is 0 Å². The van der Waals surface area contributed by atoms with Crippen molar-refractivity contribution in [1.29, 1.82) is 0 Å². The van der Waals surface area contributed by atoms with Crippen LogP contribution in [0.1, 0.15) is 18.6 Å². The third-order valence-electron chi connectivity index (χ3n) is 6.33. The van der Waals surface area contributed by atoms with Crippen molar-refractivity contribution in [1.82, 2.24) is 0 Å². The first kappa shape index (κ1) is 24.0. The molecule has 0 unspecified atom stereocenters. The summed E-state index contributed by atoms with van der Waals surface area (Å²) in [6.45, 7) is 4.26. The second kappa shape index (κ2) is 10.0. The van der Waals surface area contributed by atoms with Gasteiger partial charge in [0.2, 0.25) is 22.8 Å². The molecule has 35 heavy (non-hydrogen) atoms. The molecule has 5 rings (SSSR count). The van der Waals surface area contributed by atoms with Gasteiger partial charge in [0, 0.05) is 35.4 Å². The van der Waals surface area contributed by atoms with Crippen LogP contribution in [0.4, 0.5) is 0 Å². The summed E-state index contributed by atoms with van der Waals surface area (Å²) in [4.78, 5) is 0. The van der Waals surface area contributed by atoms with E-state index in [9.17, 15) is 0 Å². The average molecular weight is 461 g/mol. The third kappa shape index (κ3) is 4.90. The summed E-state index contributed by atoms with van der Waals surface area (Å²) in [5.74, 6) is 0. The first-order valence-electron chi connectivity index (χ1n) is 11.6. The van der Waals surface area contributed by atoms with Crippen LogP contribution in [0.25, 0.3) is 39.5 Å². The molecule has 0 aliphatic carbocycles. The third-order valence-corrected chi connectivity index (χ3v) is 6.33. The topological polar surface area (TPSA) is 11.6 Å². The van der Waals surface area contributed by atoms with Crippen molar-refractivity contribution in [2.75, 3.05) is 0 Å². The van der Waals surface area contributed by atoms with Gasteiger partial charge >= 0.3 is 0 Å². The minimum absolute atomic E-state index is 0. The van der Waals surface area contributed by atoms with Crippen LogP contribution < -0.4 is 13.7 Å². The molecule has 0 radical (unpaired) electrons. The van der Waals surface area contributed by atoms with E-state index < -0.39 is 0 Å². The molecular formula is C32H34N3+3. The predicted octanol–water partition coefficient (Wildman–Crippen LogP) is 5.87. The number of benzene rings is 2. The van der Waals surface area contributed by atoms with Crippen LogP contribution in [0.5, 0.6) is 0 Å². The van der Waals surface area contributed by atoms with Crippen LogP contribution in [-0.2, 0) is 14.1 Å².